The first-order chi connectivity index (χ1) is 14.5. The summed E-state index contributed by atoms with van der Waals surface area (Å²) < 4.78 is 13.2. The third-order valence-corrected chi connectivity index (χ3v) is 6.72. The van der Waals surface area contributed by atoms with Crippen LogP contribution in [0.25, 0.3) is 0 Å². The fourth-order valence-electron chi connectivity index (χ4n) is 4.44. The number of halogens is 2. The van der Waals surface area contributed by atoms with Crippen LogP contribution in [0.2, 0.25) is 5.02 Å². The SMILES string of the molecule is O=C(NCCCc1ccncc1)C1CC12CCN(C(=O)c1ccc(F)cc1Cl)CC2. The lowest BCUT2D eigenvalue weighted by Crippen LogP contribution is -2.40. The number of carbonyl (C=O) groups excluding carboxylic acids is 2. The summed E-state index contributed by atoms with van der Waals surface area (Å²) in [5.74, 6) is -0.453. The number of likely N-dealkylation sites (tertiary alicyclic amines) is 1. The molecule has 30 heavy (non-hydrogen) atoms. The molecule has 4 rings (SSSR count). The molecule has 158 valence electrons. The van der Waals surface area contributed by atoms with Crippen molar-refractivity contribution in [1.82, 2.24) is 15.2 Å². The van der Waals surface area contributed by atoms with Gasteiger partial charge in [0.2, 0.25) is 5.91 Å². The lowest BCUT2D eigenvalue weighted by atomic mass is 9.90. The van der Waals surface area contributed by atoms with E-state index < -0.39 is 5.82 Å². The first-order valence-corrected chi connectivity index (χ1v) is 10.8. The van der Waals surface area contributed by atoms with Crippen molar-refractivity contribution in [1.29, 1.82) is 0 Å². The molecule has 2 amide bonds. The number of hydrogen-bond donors (Lipinski definition) is 1. The molecule has 2 aromatic rings. The van der Waals surface area contributed by atoms with Crippen molar-refractivity contribution in [3.8, 4) is 0 Å². The molecule has 5 nitrogen and oxygen atoms in total. The molecule has 1 N–H and O–H groups in total. The summed E-state index contributed by atoms with van der Waals surface area (Å²) in [5.41, 5.74) is 1.58. The monoisotopic (exact) mass is 429 g/mol. The summed E-state index contributed by atoms with van der Waals surface area (Å²) in [7, 11) is 0. The van der Waals surface area contributed by atoms with Crippen LogP contribution >= 0.6 is 11.6 Å². The Bertz CT molecular complexity index is 929. The highest BCUT2D eigenvalue weighted by atomic mass is 35.5. The Hall–Kier alpha value is -2.47. The van der Waals surface area contributed by atoms with Gasteiger partial charge in [0.25, 0.3) is 5.91 Å². The van der Waals surface area contributed by atoms with Gasteiger partial charge in [-0.3, -0.25) is 14.6 Å². The minimum Gasteiger partial charge on any atom is -0.356 e. The number of hydrogen-bond acceptors (Lipinski definition) is 3. The molecule has 1 spiro atoms. The van der Waals surface area contributed by atoms with E-state index in [9.17, 15) is 14.0 Å². The topological polar surface area (TPSA) is 62.3 Å². The number of aryl methyl sites for hydroxylation is 1. The first kappa shape index (κ1) is 20.8. The van der Waals surface area contributed by atoms with E-state index >= 15 is 0 Å². The number of rotatable bonds is 6. The Balaban J connectivity index is 1.22. The Morgan fingerprint density at radius 2 is 1.93 bits per heavy atom. The summed E-state index contributed by atoms with van der Waals surface area (Å²) >= 11 is 6.03. The van der Waals surface area contributed by atoms with E-state index in [0.29, 0.717) is 25.2 Å². The van der Waals surface area contributed by atoms with Crippen LogP contribution in [0.5, 0.6) is 0 Å². The number of benzene rings is 1. The number of pyridine rings is 1. The third kappa shape index (κ3) is 4.48. The Morgan fingerprint density at radius 1 is 1.20 bits per heavy atom. The van der Waals surface area contributed by atoms with Gasteiger partial charge in [0.05, 0.1) is 10.6 Å². The molecular formula is C23H25ClFN3O2. The zero-order valence-corrected chi connectivity index (χ0v) is 17.5. The first-order valence-electron chi connectivity index (χ1n) is 10.4. The van der Waals surface area contributed by atoms with E-state index in [0.717, 1.165) is 38.2 Å². The Morgan fingerprint density at radius 3 is 2.63 bits per heavy atom. The largest absolute Gasteiger partial charge is 0.356 e. The molecule has 2 aliphatic rings. The fourth-order valence-corrected chi connectivity index (χ4v) is 4.68. The zero-order valence-electron chi connectivity index (χ0n) is 16.7. The highest BCUT2D eigenvalue weighted by Crippen LogP contribution is 2.59. The van der Waals surface area contributed by atoms with Gasteiger partial charge in [0.1, 0.15) is 5.82 Å². The normalized spacial score (nSPS) is 19.5. The highest BCUT2D eigenvalue weighted by Gasteiger charge is 2.58. The second-order valence-corrected chi connectivity index (χ2v) is 8.69. The predicted octanol–water partition coefficient (Wildman–Crippen LogP) is 3.87. The molecule has 0 bridgehead atoms. The molecular weight excluding hydrogens is 405 g/mol. The minimum atomic E-state index is -0.457. The molecule has 0 radical (unpaired) electrons. The number of aromatic nitrogens is 1. The van der Waals surface area contributed by atoms with Crippen LogP contribution in [0.3, 0.4) is 0 Å². The van der Waals surface area contributed by atoms with Crippen molar-refractivity contribution in [2.45, 2.75) is 32.1 Å². The van der Waals surface area contributed by atoms with Gasteiger partial charge in [0, 0.05) is 37.9 Å². The van der Waals surface area contributed by atoms with E-state index in [4.69, 9.17) is 11.6 Å². The van der Waals surface area contributed by atoms with E-state index in [1.807, 2.05) is 12.1 Å². The Labute approximate surface area is 180 Å². The van der Waals surface area contributed by atoms with E-state index in [2.05, 4.69) is 10.3 Å². The molecule has 7 heteroatoms. The van der Waals surface area contributed by atoms with Gasteiger partial charge in [-0.2, -0.15) is 0 Å². The number of nitrogens with zero attached hydrogens (tertiary/aromatic N) is 2. The number of nitrogens with one attached hydrogen (secondary N) is 1. The second-order valence-electron chi connectivity index (χ2n) is 8.29. The predicted molar refractivity (Wildman–Crippen MR) is 113 cm³/mol. The van der Waals surface area contributed by atoms with Crippen LogP contribution in [-0.2, 0) is 11.2 Å². The van der Waals surface area contributed by atoms with Crippen LogP contribution in [0.15, 0.2) is 42.7 Å². The van der Waals surface area contributed by atoms with Crippen molar-refractivity contribution in [3.63, 3.8) is 0 Å². The molecule has 1 aliphatic carbocycles. The Kier molecular flexibility index (Phi) is 6.04. The maximum absolute atomic E-state index is 13.2. The van der Waals surface area contributed by atoms with Crippen molar-refractivity contribution in [3.05, 3.63) is 64.7 Å². The number of carbonyl (C=O) groups is 2. The van der Waals surface area contributed by atoms with Crippen molar-refractivity contribution < 1.29 is 14.0 Å². The fraction of sp³-hybridized carbons (Fsp3) is 0.435. The van der Waals surface area contributed by atoms with Gasteiger partial charge in [-0.05, 0) is 73.4 Å². The quantitative estimate of drug-likeness (QED) is 0.709. The molecule has 1 saturated carbocycles. The molecule has 2 heterocycles. The van der Waals surface area contributed by atoms with Crippen LogP contribution in [0, 0.1) is 17.2 Å². The van der Waals surface area contributed by atoms with Gasteiger partial charge in [-0.15, -0.1) is 0 Å². The number of piperidine rings is 1. The van der Waals surface area contributed by atoms with Gasteiger partial charge in [-0.1, -0.05) is 11.6 Å². The summed E-state index contributed by atoms with van der Waals surface area (Å²) in [5, 5.41) is 3.21. The van der Waals surface area contributed by atoms with E-state index in [-0.39, 0.29) is 28.2 Å². The smallest absolute Gasteiger partial charge is 0.255 e. The van der Waals surface area contributed by atoms with Crippen LogP contribution in [0.1, 0.15) is 41.6 Å². The molecule has 1 aromatic heterocycles. The standard InChI is InChI=1S/C23H25ClFN3O2/c24-20-14-17(25)3-4-18(20)22(30)28-12-7-23(8-13-28)15-19(23)21(29)27-9-1-2-16-5-10-26-11-6-16/h3-6,10-11,14,19H,1-2,7-9,12-13,15H2,(H,27,29). The van der Waals surface area contributed by atoms with E-state index in [1.165, 1.54) is 17.7 Å². The van der Waals surface area contributed by atoms with E-state index in [1.54, 1.807) is 17.3 Å². The summed E-state index contributed by atoms with van der Waals surface area (Å²) in [6.07, 6.45) is 7.89. The maximum atomic E-state index is 13.2. The lowest BCUT2D eigenvalue weighted by Gasteiger charge is -2.33. The van der Waals surface area contributed by atoms with Crippen molar-refractivity contribution >= 4 is 23.4 Å². The van der Waals surface area contributed by atoms with Crippen molar-refractivity contribution in [2.75, 3.05) is 19.6 Å². The second kappa shape index (κ2) is 8.72. The van der Waals surface area contributed by atoms with Gasteiger partial charge < -0.3 is 10.2 Å². The summed E-state index contributed by atoms with van der Waals surface area (Å²) in [6, 6.07) is 7.83. The average molecular weight is 430 g/mol. The lowest BCUT2D eigenvalue weighted by molar-refractivity contribution is -0.123. The van der Waals surface area contributed by atoms with Crippen LogP contribution < -0.4 is 5.32 Å². The van der Waals surface area contributed by atoms with Crippen LogP contribution in [-0.4, -0.2) is 41.3 Å². The highest BCUT2D eigenvalue weighted by molar-refractivity contribution is 6.33. The van der Waals surface area contributed by atoms with Gasteiger partial charge >= 0.3 is 0 Å². The average Bonchev–Trinajstić information content (AvgIpc) is 3.45. The molecule has 1 aliphatic heterocycles. The summed E-state index contributed by atoms with van der Waals surface area (Å²) in [4.78, 5) is 31.0. The molecule has 1 aromatic carbocycles. The van der Waals surface area contributed by atoms with Gasteiger partial charge in [-0.25, -0.2) is 4.39 Å². The zero-order chi connectivity index (χ0) is 21.1. The summed E-state index contributed by atoms with van der Waals surface area (Å²) in [6.45, 7) is 1.86. The number of amides is 2. The maximum Gasteiger partial charge on any atom is 0.255 e. The molecule has 1 saturated heterocycles. The molecule has 1 unspecified atom stereocenters. The minimum absolute atomic E-state index is 0.0263. The molecule has 1 atom stereocenters. The third-order valence-electron chi connectivity index (χ3n) is 6.41. The van der Waals surface area contributed by atoms with Crippen LogP contribution in [0.4, 0.5) is 4.39 Å². The van der Waals surface area contributed by atoms with Gasteiger partial charge in [0.15, 0.2) is 0 Å². The van der Waals surface area contributed by atoms with Crippen molar-refractivity contribution in [2.24, 2.45) is 11.3 Å². The molecule has 2 fully saturated rings.